The first kappa shape index (κ1) is 27.0. The number of hydrogen-bond acceptors (Lipinski definition) is 4. The molecular weight excluding hydrogens is 556 g/mol. The number of halogens is 4. The van der Waals surface area contributed by atoms with Crippen LogP contribution in [-0.4, -0.2) is 17.7 Å². The summed E-state index contributed by atoms with van der Waals surface area (Å²) in [5.41, 5.74) is 3.52. The minimum atomic E-state index is -0.772. The monoisotopic (exact) mass is 575 g/mol. The topological polar surface area (TPSA) is 78.5 Å². The summed E-state index contributed by atoms with van der Waals surface area (Å²) < 4.78 is 0. The Morgan fingerprint density at radius 3 is 2.08 bits per heavy atom. The predicted octanol–water partition coefficient (Wildman–Crippen LogP) is 7.46. The summed E-state index contributed by atoms with van der Waals surface area (Å²) in [5.74, 6) is -1.81. The van der Waals surface area contributed by atoms with E-state index in [0.717, 1.165) is 34.6 Å². The number of rotatable bonds is 7. The first-order chi connectivity index (χ1) is 17.7. The quantitative estimate of drug-likeness (QED) is 0.226. The molecule has 0 saturated carbocycles. The van der Waals surface area contributed by atoms with Crippen LogP contribution in [0.1, 0.15) is 35.3 Å². The molecule has 10 heteroatoms. The first-order valence-electron chi connectivity index (χ1n) is 11.4. The molecule has 0 unspecified atom stereocenters. The van der Waals surface area contributed by atoms with Gasteiger partial charge in [0, 0.05) is 16.9 Å². The number of para-hydroxylation sites is 1. The van der Waals surface area contributed by atoms with Gasteiger partial charge in [0.15, 0.2) is 0 Å². The van der Waals surface area contributed by atoms with Crippen LogP contribution in [0.4, 0.5) is 17.1 Å². The van der Waals surface area contributed by atoms with E-state index in [1.54, 1.807) is 24.3 Å². The van der Waals surface area contributed by atoms with Crippen molar-refractivity contribution in [3.63, 3.8) is 0 Å². The van der Waals surface area contributed by atoms with E-state index in [1.165, 1.54) is 12.1 Å². The fraction of sp³-hybridized carbons (Fsp3) is 0.148. The number of amides is 3. The fourth-order valence-corrected chi connectivity index (χ4v) is 4.82. The summed E-state index contributed by atoms with van der Waals surface area (Å²) in [7, 11) is 0. The van der Waals surface area contributed by atoms with Crippen molar-refractivity contribution in [1.29, 1.82) is 0 Å². The summed E-state index contributed by atoms with van der Waals surface area (Å²) in [6, 6.07) is 15.1. The Morgan fingerprint density at radius 1 is 0.811 bits per heavy atom. The van der Waals surface area contributed by atoms with Crippen LogP contribution >= 0.6 is 46.4 Å². The van der Waals surface area contributed by atoms with Crippen LogP contribution in [0.25, 0.3) is 0 Å². The molecule has 0 atom stereocenters. The Bertz CT molecular complexity index is 1450. The zero-order valence-corrected chi connectivity index (χ0v) is 22.8. The highest BCUT2D eigenvalue weighted by Crippen LogP contribution is 2.38. The van der Waals surface area contributed by atoms with Crippen molar-refractivity contribution in [2.45, 2.75) is 26.7 Å². The molecule has 3 aromatic rings. The summed E-state index contributed by atoms with van der Waals surface area (Å²) in [4.78, 5) is 39.9. The molecule has 6 nitrogen and oxygen atoms in total. The van der Waals surface area contributed by atoms with Gasteiger partial charge in [-0.05, 0) is 54.3 Å². The largest absolute Gasteiger partial charge is 0.350 e. The van der Waals surface area contributed by atoms with E-state index < -0.39 is 11.8 Å². The number of imide groups is 1. The van der Waals surface area contributed by atoms with E-state index >= 15 is 0 Å². The van der Waals surface area contributed by atoms with Gasteiger partial charge in [0.1, 0.15) is 10.7 Å². The Kier molecular flexibility index (Phi) is 8.14. The van der Waals surface area contributed by atoms with Gasteiger partial charge in [-0.1, -0.05) is 84.5 Å². The molecule has 0 bridgehead atoms. The third-order valence-electron chi connectivity index (χ3n) is 5.89. The van der Waals surface area contributed by atoms with Crippen LogP contribution in [0.2, 0.25) is 15.1 Å². The highest BCUT2D eigenvalue weighted by Gasteiger charge is 2.40. The van der Waals surface area contributed by atoms with Crippen molar-refractivity contribution >= 4 is 81.2 Å². The molecule has 3 aromatic carbocycles. The molecule has 37 heavy (non-hydrogen) atoms. The molecule has 1 heterocycles. The van der Waals surface area contributed by atoms with Gasteiger partial charge >= 0.3 is 0 Å². The maximum absolute atomic E-state index is 13.2. The van der Waals surface area contributed by atoms with E-state index in [2.05, 4.69) is 10.6 Å². The number of hydrogen-bond donors (Lipinski definition) is 2. The maximum atomic E-state index is 13.2. The van der Waals surface area contributed by atoms with Crippen LogP contribution in [0.5, 0.6) is 0 Å². The van der Waals surface area contributed by atoms with Crippen molar-refractivity contribution in [3.8, 4) is 0 Å². The van der Waals surface area contributed by atoms with E-state index in [0.29, 0.717) is 11.3 Å². The third-order valence-corrected chi connectivity index (χ3v) is 7.26. The Labute approximate surface area is 234 Å². The summed E-state index contributed by atoms with van der Waals surface area (Å²) in [5, 5.41) is 5.91. The van der Waals surface area contributed by atoms with Gasteiger partial charge in [0.2, 0.25) is 0 Å². The molecular formula is C27H21Cl4N3O3. The number of nitrogens with one attached hydrogen (secondary N) is 2. The van der Waals surface area contributed by atoms with Gasteiger partial charge in [0.05, 0.1) is 20.8 Å². The molecule has 0 fully saturated rings. The highest BCUT2D eigenvalue weighted by molar-refractivity contribution is 6.54. The second-order valence-electron chi connectivity index (χ2n) is 8.17. The number of nitrogens with zero attached hydrogens (tertiary/aromatic N) is 1. The normalized spacial score (nSPS) is 13.4. The van der Waals surface area contributed by atoms with Crippen LogP contribution < -0.4 is 15.5 Å². The molecule has 0 aromatic heterocycles. The smallest absolute Gasteiger partial charge is 0.283 e. The van der Waals surface area contributed by atoms with Crippen molar-refractivity contribution in [2.75, 3.05) is 15.5 Å². The van der Waals surface area contributed by atoms with Crippen LogP contribution in [-0.2, 0) is 22.4 Å². The summed E-state index contributed by atoms with van der Waals surface area (Å²) in [6.45, 7) is 4.06. The van der Waals surface area contributed by atoms with E-state index in [9.17, 15) is 14.4 Å². The molecule has 1 aliphatic rings. The number of benzene rings is 3. The predicted molar refractivity (Wildman–Crippen MR) is 150 cm³/mol. The summed E-state index contributed by atoms with van der Waals surface area (Å²) in [6.07, 6.45) is 1.54. The van der Waals surface area contributed by atoms with Crippen molar-refractivity contribution < 1.29 is 14.4 Å². The van der Waals surface area contributed by atoms with Gasteiger partial charge in [-0.3, -0.25) is 14.4 Å². The van der Waals surface area contributed by atoms with Gasteiger partial charge < -0.3 is 10.6 Å². The van der Waals surface area contributed by atoms with Crippen LogP contribution in [0, 0.1) is 0 Å². The second-order valence-corrected chi connectivity index (χ2v) is 9.77. The lowest BCUT2D eigenvalue weighted by Crippen LogP contribution is -2.32. The van der Waals surface area contributed by atoms with Crippen LogP contribution in [0.15, 0.2) is 65.3 Å². The van der Waals surface area contributed by atoms with Crippen LogP contribution in [0.3, 0.4) is 0 Å². The first-order valence-corrected chi connectivity index (χ1v) is 12.9. The van der Waals surface area contributed by atoms with Gasteiger partial charge in [-0.2, -0.15) is 0 Å². The highest BCUT2D eigenvalue weighted by atomic mass is 35.5. The number of aryl methyl sites for hydroxylation is 2. The van der Waals surface area contributed by atoms with Gasteiger partial charge in [-0.15, -0.1) is 0 Å². The van der Waals surface area contributed by atoms with Gasteiger partial charge in [0.25, 0.3) is 17.7 Å². The molecule has 2 N–H and O–H groups in total. The molecule has 4 rings (SSSR count). The number of anilines is 3. The van der Waals surface area contributed by atoms with E-state index in [1.807, 2.05) is 32.0 Å². The minimum absolute atomic E-state index is 0.0514. The van der Waals surface area contributed by atoms with E-state index in [4.69, 9.17) is 46.4 Å². The van der Waals surface area contributed by atoms with E-state index in [-0.39, 0.29) is 37.4 Å². The minimum Gasteiger partial charge on any atom is -0.350 e. The average Bonchev–Trinajstić information content (AvgIpc) is 3.09. The molecule has 0 aliphatic carbocycles. The number of carbonyl (C=O) groups excluding carboxylic acids is 3. The molecule has 0 radical (unpaired) electrons. The van der Waals surface area contributed by atoms with Crippen molar-refractivity contribution in [2.24, 2.45) is 0 Å². The van der Waals surface area contributed by atoms with Crippen molar-refractivity contribution in [3.05, 3.63) is 97.1 Å². The zero-order valence-electron chi connectivity index (χ0n) is 19.8. The lowest BCUT2D eigenvalue weighted by molar-refractivity contribution is -0.120. The molecule has 0 spiro atoms. The third kappa shape index (κ3) is 5.34. The van der Waals surface area contributed by atoms with Crippen molar-refractivity contribution in [1.82, 2.24) is 0 Å². The lowest BCUT2D eigenvalue weighted by atomic mass is 10.0. The SMILES string of the molecule is CCc1cccc(CC)c1NC(=O)c1cccc(NC2=C(Cl)C(=O)N(c3cc(Cl)c(Cl)cc3Cl)C2=O)c1. The molecule has 0 saturated heterocycles. The Balaban J connectivity index is 1.59. The zero-order chi connectivity index (χ0) is 26.9. The summed E-state index contributed by atoms with van der Waals surface area (Å²) >= 11 is 24.5. The number of carbonyl (C=O) groups is 3. The Morgan fingerprint density at radius 2 is 1.43 bits per heavy atom. The molecule has 1 aliphatic heterocycles. The average molecular weight is 577 g/mol. The van der Waals surface area contributed by atoms with Gasteiger partial charge in [-0.25, -0.2) is 4.90 Å². The Hall–Kier alpha value is -3.03. The molecule has 190 valence electrons. The second kappa shape index (κ2) is 11.2. The lowest BCUT2D eigenvalue weighted by Gasteiger charge is -2.17. The molecule has 3 amide bonds. The standard InChI is InChI=1S/C27H21Cl4N3O3/c1-3-14-7-5-8-15(4-2)23(14)33-25(35)16-9-6-10-17(11-16)32-24-22(31)26(36)34(27(24)37)21-13-19(29)18(28)12-20(21)30/h5-13,32H,3-4H2,1-2H3,(H,33,35). The maximum Gasteiger partial charge on any atom is 0.283 e. The fourth-order valence-electron chi connectivity index (χ4n) is 3.98.